The van der Waals surface area contributed by atoms with Crippen molar-refractivity contribution < 1.29 is 0 Å². The summed E-state index contributed by atoms with van der Waals surface area (Å²) in [7, 11) is 0. The Hall–Kier alpha value is -1.48. The first-order valence-corrected chi connectivity index (χ1v) is 13.6. The maximum atomic E-state index is 6.07. The van der Waals surface area contributed by atoms with E-state index in [1.54, 1.807) is 0 Å². The van der Waals surface area contributed by atoms with Crippen molar-refractivity contribution in [3.05, 3.63) is 55.1 Å². The van der Waals surface area contributed by atoms with Crippen LogP contribution in [0.1, 0.15) is 45.0 Å². The molecular formula is C25H30Br3N5. The van der Waals surface area contributed by atoms with E-state index < -0.39 is 0 Å². The first-order valence-electron chi connectivity index (χ1n) is 11.2. The zero-order chi connectivity index (χ0) is 24.0. The van der Waals surface area contributed by atoms with Crippen LogP contribution in [0.4, 0.5) is 11.5 Å². The second kappa shape index (κ2) is 12.3. The molecule has 0 aliphatic rings. The second-order valence-corrected chi connectivity index (χ2v) is 10.7. The Morgan fingerprint density at radius 1 is 1.03 bits per heavy atom. The van der Waals surface area contributed by atoms with Crippen molar-refractivity contribution >= 4 is 82.4 Å². The van der Waals surface area contributed by atoms with Crippen LogP contribution in [0.15, 0.2) is 43.7 Å². The molecule has 0 fully saturated rings. The van der Waals surface area contributed by atoms with Crippen LogP contribution < -0.4 is 11.1 Å². The summed E-state index contributed by atoms with van der Waals surface area (Å²) in [6.07, 6.45) is 6.15. The van der Waals surface area contributed by atoms with Gasteiger partial charge in [-0.05, 0) is 81.9 Å². The third-order valence-corrected chi connectivity index (χ3v) is 7.34. The quantitative estimate of drug-likeness (QED) is 0.224. The largest absolute Gasteiger partial charge is 0.399 e. The lowest BCUT2D eigenvalue weighted by Crippen LogP contribution is -2.25. The summed E-state index contributed by atoms with van der Waals surface area (Å²) in [6, 6.07) is 10.1. The Morgan fingerprint density at radius 3 is 2.39 bits per heavy atom. The van der Waals surface area contributed by atoms with Gasteiger partial charge in [-0.3, -0.25) is 0 Å². The molecule has 33 heavy (non-hydrogen) atoms. The normalized spacial score (nSPS) is 12.7. The lowest BCUT2D eigenvalue weighted by Gasteiger charge is -2.20. The molecule has 3 aromatic rings. The number of rotatable bonds is 10. The molecule has 0 amide bonds. The fourth-order valence-electron chi connectivity index (χ4n) is 3.69. The van der Waals surface area contributed by atoms with E-state index in [2.05, 4.69) is 78.8 Å². The Bertz CT molecular complexity index is 1110. The number of benzene rings is 2. The van der Waals surface area contributed by atoms with Gasteiger partial charge < -0.3 is 16.0 Å². The van der Waals surface area contributed by atoms with Crippen LogP contribution in [-0.4, -0.2) is 40.5 Å². The topological polar surface area (TPSA) is 67.1 Å². The van der Waals surface area contributed by atoms with Crippen LogP contribution in [0, 0.1) is 0 Å². The average molecular weight is 640 g/mol. The van der Waals surface area contributed by atoms with Gasteiger partial charge in [0.15, 0.2) is 5.82 Å². The Morgan fingerprint density at radius 2 is 1.73 bits per heavy atom. The lowest BCUT2D eigenvalue weighted by atomic mass is 10.1. The highest BCUT2D eigenvalue weighted by atomic mass is 79.9. The van der Waals surface area contributed by atoms with Crippen molar-refractivity contribution in [2.45, 2.75) is 39.7 Å². The fraction of sp³-hybridized carbons (Fsp3) is 0.360. The molecule has 3 rings (SSSR count). The number of hydrogen-bond acceptors (Lipinski definition) is 5. The zero-order valence-electron chi connectivity index (χ0n) is 19.2. The molecule has 0 saturated carbocycles. The zero-order valence-corrected chi connectivity index (χ0v) is 24.0. The van der Waals surface area contributed by atoms with Crippen LogP contribution in [0.2, 0.25) is 0 Å². The highest BCUT2D eigenvalue weighted by molar-refractivity contribution is 9.11. The van der Waals surface area contributed by atoms with E-state index in [0.29, 0.717) is 11.5 Å². The average Bonchev–Trinajstić information content (AvgIpc) is 2.76. The Kier molecular flexibility index (Phi) is 9.73. The van der Waals surface area contributed by atoms with E-state index in [0.717, 1.165) is 68.2 Å². The number of fused-ring (bicyclic) bond motifs is 1. The summed E-state index contributed by atoms with van der Waals surface area (Å²) in [4.78, 5) is 12.0. The van der Waals surface area contributed by atoms with Crippen LogP contribution in [0.5, 0.6) is 0 Å². The Labute approximate surface area is 221 Å². The standard InChI is InChI=1S/C25H30Br3N5/c1-4-33(5-2)12-6-7-16(3)30-25-20-15-18(29)8-10-23(20)31-24(32-25)11-9-19-21(27)13-17(26)14-22(19)28/h8-11,13-16H,4-7,12,29H2,1-3H3,(H,30,31,32)/b11-9+. The van der Waals surface area contributed by atoms with Crippen molar-refractivity contribution in [3.63, 3.8) is 0 Å². The lowest BCUT2D eigenvalue weighted by molar-refractivity contribution is 0.295. The predicted octanol–water partition coefficient (Wildman–Crippen LogP) is 7.59. The number of nitrogens with one attached hydrogen (secondary N) is 1. The molecule has 0 radical (unpaired) electrons. The third-order valence-electron chi connectivity index (χ3n) is 5.57. The summed E-state index contributed by atoms with van der Waals surface area (Å²) in [5.41, 5.74) is 8.66. The van der Waals surface area contributed by atoms with E-state index in [1.165, 1.54) is 0 Å². The number of nitrogens with two attached hydrogens (primary N) is 1. The van der Waals surface area contributed by atoms with E-state index in [-0.39, 0.29) is 6.04 Å². The highest BCUT2D eigenvalue weighted by Crippen LogP contribution is 2.31. The van der Waals surface area contributed by atoms with Crippen LogP contribution in [-0.2, 0) is 0 Å². The molecule has 1 unspecified atom stereocenters. The maximum absolute atomic E-state index is 6.07. The summed E-state index contributed by atoms with van der Waals surface area (Å²) in [6.45, 7) is 9.92. The van der Waals surface area contributed by atoms with Gasteiger partial charge in [0, 0.05) is 36.1 Å². The minimum atomic E-state index is 0.284. The van der Waals surface area contributed by atoms with Crippen LogP contribution in [0.25, 0.3) is 23.1 Å². The van der Waals surface area contributed by atoms with Crippen molar-refractivity contribution in [3.8, 4) is 0 Å². The minimum Gasteiger partial charge on any atom is -0.399 e. The molecular weight excluding hydrogens is 610 g/mol. The van der Waals surface area contributed by atoms with Crippen molar-refractivity contribution in [1.29, 1.82) is 0 Å². The van der Waals surface area contributed by atoms with Gasteiger partial charge in [0.2, 0.25) is 0 Å². The molecule has 1 heterocycles. The maximum Gasteiger partial charge on any atom is 0.154 e. The van der Waals surface area contributed by atoms with Gasteiger partial charge in [0.1, 0.15) is 5.82 Å². The van der Waals surface area contributed by atoms with E-state index in [9.17, 15) is 0 Å². The number of anilines is 2. The monoisotopic (exact) mass is 637 g/mol. The van der Waals surface area contributed by atoms with Crippen LogP contribution >= 0.6 is 47.8 Å². The third kappa shape index (κ3) is 7.25. The molecule has 0 aliphatic heterocycles. The van der Waals surface area contributed by atoms with Crippen molar-refractivity contribution in [1.82, 2.24) is 14.9 Å². The first kappa shape index (κ1) is 26.1. The van der Waals surface area contributed by atoms with Crippen molar-refractivity contribution in [2.75, 3.05) is 30.7 Å². The van der Waals surface area contributed by atoms with Gasteiger partial charge >= 0.3 is 0 Å². The highest BCUT2D eigenvalue weighted by Gasteiger charge is 2.11. The number of halogens is 3. The first-order chi connectivity index (χ1) is 15.8. The molecule has 0 bridgehead atoms. The minimum absolute atomic E-state index is 0.284. The molecule has 8 heteroatoms. The molecule has 0 saturated heterocycles. The van der Waals surface area contributed by atoms with Gasteiger partial charge in [0.05, 0.1) is 5.52 Å². The number of nitrogens with zero attached hydrogens (tertiary/aromatic N) is 3. The summed E-state index contributed by atoms with van der Waals surface area (Å²) in [5, 5.41) is 4.55. The fourth-order valence-corrected chi connectivity index (χ4v) is 6.21. The van der Waals surface area contributed by atoms with Crippen molar-refractivity contribution in [2.24, 2.45) is 0 Å². The second-order valence-electron chi connectivity index (χ2n) is 8.04. The Balaban J connectivity index is 1.86. The van der Waals surface area contributed by atoms with Gasteiger partial charge in [-0.15, -0.1) is 0 Å². The summed E-state index contributed by atoms with van der Waals surface area (Å²) >= 11 is 10.8. The smallest absolute Gasteiger partial charge is 0.154 e. The van der Waals surface area contributed by atoms with E-state index >= 15 is 0 Å². The number of nitrogen functional groups attached to an aromatic ring is 1. The number of hydrogen-bond donors (Lipinski definition) is 2. The van der Waals surface area contributed by atoms with E-state index in [1.807, 2.05) is 42.5 Å². The molecule has 1 aromatic heterocycles. The van der Waals surface area contributed by atoms with Crippen LogP contribution in [0.3, 0.4) is 0 Å². The van der Waals surface area contributed by atoms with Gasteiger partial charge in [0.25, 0.3) is 0 Å². The molecule has 3 N–H and O–H groups in total. The SMILES string of the molecule is CCN(CC)CCCC(C)Nc1nc(/C=C/c2c(Br)cc(Br)cc2Br)nc2ccc(N)cc12. The van der Waals surface area contributed by atoms with Gasteiger partial charge in [-0.1, -0.05) is 61.6 Å². The molecule has 1 atom stereocenters. The molecule has 2 aromatic carbocycles. The van der Waals surface area contributed by atoms with E-state index in [4.69, 9.17) is 15.7 Å². The van der Waals surface area contributed by atoms with Gasteiger partial charge in [-0.2, -0.15) is 0 Å². The molecule has 176 valence electrons. The predicted molar refractivity (Wildman–Crippen MR) is 153 cm³/mol. The molecule has 5 nitrogen and oxygen atoms in total. The summed E-state index contributed by atoms with van der Waals surface area (Å²) in [5.74, 6) is 1.46. The molecule has 0 spiro atoms. The summed E-state index contributed by atoms with van der Waals surface area (Å²) < 4.78 is 2.96. The molecule has 0 aliphatic carbocycles. The number of aromatic nitrogens is 2. The van der Waals surface area contributed by atoms with Gasteiger partial charge in [-0.25, -0.2) is 9.97 Å².